The van der Waals surface area contributed by atoms with Gasteiger partial charge in [-0.05, 0) is 50.2 Å². The van der Waals surface area contributed by atoms with E-state index in [0.29, 0.717) is 29.3 Å². The van der Waals surface area contributed by atoms with Gasteiger partial charge >= 0.3 is 0 Å². The number of carbonyl (C=O) groups excluding carboxylic acids is 3. The van der Waals surface area contributed by atoms with E-state index in [0.717, 1.165) is 0 Å². The number of hydrogen-bond donors (Lipinski definition) is 2. The summed E-state index contributed by atoms with van der Waals surface area (Å²) in [5, 5.41) is 9.29. The van der Waals surface area contributed by atoms with E-state index < -0.39 is 11.8 Å². The number of benzene rings is 1. The van der Waals surface area contributed by atoms with E-state index in [2.05, 4.69) is 15.7 Å². The van der Waals surface area contributed by atoms with Crippen LogP contribution in [0.15, 0.2) is 47.0 Å². The van der Waals surface area contributed by atoms with Crippen LogP contribution >= 0.6 is 0 Å². The average molecular weight is 410 g/mol. The lowest BCUT2D eigenvalue weighted by Crippen LogP contribution is -2.21. The third kappa shape index (κ3) is 4.75. The minimum Gasteiger partial charge on any atom is -0.486 e. The van der Waals surface area contributed by atoms with Gasteiger partial charge in [0.25, 0.3) is 11.8 Å². The molecular formula is C21H22N4O5. The number of carbonyl (C=O) groups is 3. The molecule has 0 fully saturated rings. The standard InChI is InChI=1S/C21H22N4O5/c1-4-25-11-17(19(24-25)21(28)22-3)23-20(27)18-10-9-16(30-18)12-29-15-7-5-14(6-8-15)13(2)26/h5-11H,4,12H2,1-3H3,(H,22,28)(H,23,27). The maximum absolute atomic E-state index is 12.5. The monoisotopic (exact) mass is 410 g/mol. The van der Waals surface area contributed by atoms with Crippen molar-refractivity contribution in [2.75, 3.05) is 12.4 Å². The molecule has 2 N–H and O–H groups in total. The van der Waals surface area contributed by atoms with E-state index in [9.17, 15) is 14.4 Å². The quantitative estimate of drug-likeness (QED) is 0.552. The normalized spacial score (nSPS) is 10.5. The number of furan rings is 1. The highest BCUT2D eigenvalue weighted by Crippen LogP contribution is 2.18. The first-order valence-corrected chi connectivity index (χ1v) is 9.34. The Morgan fingerprint density at radius 3 is 2.47 bits per heavy atom. The Labute approximate surface area is 173 Å². The minimum atomic E-state index is -0.507. The summed E-state index contributed by atoms with van der Waals surface area (Å²) in [5.74, 6) is 0.172. The zero-order chi connectivity index (χ0) is 21.7. The smallest absolute Gasteiger partial charge is 0.291 e. The largest absolute Gasteiger partial charge is 0.486 e. The molecule has 3 aromatic rings. The van der Waals surface area contributed by atoms with Crippen molar-refractivity contribution in [2.45, 2.75) is 27.0 Å². The van der Waals surface area contributed by atoms with Gasteiger partial charge in [-0.25, -0.2) is 0 Å². The number of nitrogens with one attached hydrogen (secondary N) is 2. The average Bonchev–Trinajstić information content (AvgIpc) is 3.39. The van der Waals surface area contributed by atoms with E-state index in [1.807, 2.05) is 6.92 Å². The number of anilines is 1. The van der Waals surface area contributed by atoms with Crippen molar-refractivity contribution >= 4 is 23.3 Å². The second-order valence-electron chi connectivity index (χ2n) is 6.42. The van der Waals surface area contributed by atoms with Crippen LogP contribution in [0.5, 0.6) is 5.75 Å². The minimum absolute atomic E-state index is 0.0210. The van der Waals surface area contributed by atoms with Gasteiger partial charge in [-0.15, -0.1) is 0 Å². The van der Waals surface area contributed by atoms with Crippen molar-refractivity contribution in [1.29, 1.82) is 0 Å². The summed E-state index contributed by atoms with van der Waals surface area (Å²) in [6.07, 6.45) is 1.58. The van der Waals surface area contributed by atoms with Crippen molar-refractivity contribution in [3.8, 4) is 5.75 Å². The molecule has 0 atom stereocenters. The first-order chi connectivity index (χ1) is 14.4. The fourth-order valence-corrected chi connectivity index (χ4v) is 2.66. The molecule has 9 heteroatoms. The highest BCUT2D eigenvalue weighted by molar-refractivity contribution is 6.06. The number of rotatable bonds is 8. The molecule has 0 radical (unpaired) electrons. The number of Topliss-reactive ketones (excluding diaryl/α,β-unsaturated/α-hetero) is 1. The molecule has 156 valence electrons. The number of ketones is 1. The van der Waals surface area contributed by atoms with E-state index in [-0.39, 0.29) is 23.8 Å². The van der Waals surface area contributed by atoms with E-state index >= 15 is 0 Å². The predicted octanol–water partition coefficient (Wildman–Crippen LogP) is 2.89. The van der Waals surface area contributed by atoms with Crippen LogP contribution in [0.1, 0.15) is 51.0 Å². The SMILES string of the molecule is CCn1cc(NC(=O)c2ccc(COc3ccc(C(C)=O)cc3)o2)c(C(=O)NC)n1. The summed E-state index contributed by atoms with van der Waals surface area (Å²) in [5.41, 5.74) is 1.01. The van der Waals surface area contributed by atoms with Crippen LogP contribution in [0.4, 0.5) is 5.69 Å². The summed E-state index contributed by atoms with van der Waals surface area (Å²) in [7, 11) is 1.49. The first-order valence-electron chi connectivity index (χ1n) is 9.34. The number of ether oxygens (including phenoxy) is 1. The third-order valence-corrected chi connectivity index (χ3v) is 4.30. The molecule has 0 saturated carbocycles. The summed E-state index contributed by atoms with van der Waals surface area (Å²) < 4.78 is 12.7. The lowest BCUT2D eigenvalue weighted by atomic mass is 10.1. The molecule has 3 rings (SSSR count). The lowest BCUT2D eigenvalue weighted by Gasteiger charge is -2.05. The molecule has 0 aliphatic carbocycles. The van der Waals surface area contributed by atoms with E-state index in [1.165, 1.54) is 20.0 Å². The Bertz CT molecular complexity index is 1070. The number of aromatic nitrogens is 2. The first kappa shape index (κ1) is 20.8. The molecule has 0 bridgehead atoms. The molecule has 2 heterocycles. The maximum Gasteiger partial charge on any atom is 0.291 e. The third-order valence-electron chi connectivity index (χ3n) is 4.30. The summed E-state index contributed by atoms with van der Waals surface area (Å²) in [4.78, 5) is 35.8. The second kappa shape index (κ2) is 9.08. The van der Waals surface area contributed by atoms with Gasteiger partial charge < -0.3 is 19.8 Å². The Kier molecular flexibility index (Phi) is 6.31. The highest BCUT2D eigenvalue weighted by atomic mass is 16.5. The van der Waals surface area contributed by atoms with Crippen LogP contribution in [-0.2, 0) is 13.2 Å². The predicted molar refractivity (Wildman–Crippen MR) is 109 cm³/mol. The van der Waals surface area contributed by atoms with Crippen molar-refractivity contribution in [3.05, 3.63) is 65.4 Å². The van der Waals surface area contributed by atoms with Gasteiger partial charge in [0, 0.05) is 25.4 Å². The van der Waals surface area contributed by atoms with Gasteiger partial charge in [0.15, 0.2) is 17.2 Å². The number of aryl methyl sites for hydroxylation is 1. The molecule has 0 aliphatic rings. The number of hydrogen-bond acceptors (Lipinski definition) is 6. The van der Waals surface area contributed by atoms with Crippen molar-refractivity contribution < 1.29 is 23.5 Å². The van der Waals surface area contributed by atoms with E-state index in [4.69, 9.17) is 9.15 Å². The Morgan fingerprint density at radius 1 is 1.10 bits per heavy atom. The van der Waals surface area contributed by atoms with Crippen molar-refractivity contribution in [3.63, 3.8) is 0 Å². The van der Waals surface area contributed by atoms with Crippen LogP contribution < -0.4 is 15.4 Å². The Morgan fingerprint density at radius 2 is 1.83 bits per heavy atom. The molecule has 9 nitrogen and oxygen atoms in total. The van der Waals surface area contributed by atoms with Gasteiger partial charge in [-0.1, -0.05) is 0 Å². The number of amides is 2. The van der Waals surface area contributed by atoms with Gasteiger partial charge in [0.1, 0.15) is 18.1 Å². The molecule has 1 aromatic carbocycles. The molecular weight excluding hydrogens is 388 g/mol. The molecule has 0 spiro atoms. The number of nitrogens with zero attached hydrogens (tertiary/aromatic N) is 2. The van der Waals surface area contributed by atoms with Crippen LogP contribution in [0.25, 0.3) is 0 Å². The summed E-state index contributed by atoms with van der Waals surface area (Å²) in [6.45, 7) is 4.04. The molecule has 2 amide bonds. The van der Waals surface area contributed by atoms with Crippen LogP contribution in [0.2, 0.25) is 0 Å². The lowest BCUT2D eigenvalue weighted by molar-refractivity contribution is 0.0957. The molecule has 0 aliphatic heterocycles. The van der Waals surface area contributed by atoms with Crippen molar-refractivity contribution in [1.82, 2.24) is 15.1 Å². The van der Waals surface area contributed by atoms with Crippen LogP contribution in [-0.4, -0.2) is 34.4 Å². The van der Waals surface area contributed by atoms with E-state index in [1.54, 1.807) is 41.2 Å². The van der Waals surface area contributed by atoms with Gasteiger partial charge in [0.05, 0.1) is 5.69 Å². The summed E-state index contributed by atoms with van der Waals surface area (Å²) in [6, 6.07) is 9.90. The van der Waals surface area contributed by atoms with Gasteiger partial charge in [-0.3, -0.25) is 19.1 Å². The zero-order valence-corrected chi connectivity index (χ0v) is 16.9. The van der Waals surface area contributed by atoms with Gasteiger partial charge in [-0.2, -0.15) is 5.10 Å². The molecule has 0 saturated heterocycles. The van der Waals surface area contributed by atoms with Gasteiger partial charge in [0.2, 0.25) is 0 Å². The second-order valence-corrected chi connectivity index (χ2v) is 6.42. The summed E-state index contributed by atoms with van der Waals surface area (Å²) >= 11 is 0. The maximum atomic E-state index is 12.5. The highest BCUT2D eigenvalue weighted by Gasteiger charge is 2.19. The van der Waals surface area contributed by atoms with Crippen LogP contribution in [0, 0.1) is 0 Å². The Balaban J connectivity index is 1.64. The fourth-order valence-electron chi connectivity index (χ4n) is 2.66. The van der Waals surface area contributed by atoms with Crippen LogP contribution in [0.3, 0.4) is 0 Å². The fraction of sp³-hybridized carbons (Fsp3) is 0.238. The van der Waals surface area contributed by atoms with Crippen molar-refractivity contribution in [2.24, 2.45) is 0 Å². The molecule has 0 unspecified atom stereocenters. The zero-order valence-electron chi connectivity index (χ0n) is 16.9. The molecule has 2 aromatic heterocycles. The Hall–Kier alpha value is -3.88. The molecule has 30 heavy (non-hydrogen) atoms. The topological polar surface area (TPSA) is 115 Å².